The molecule has 110 valence electrons. The van der Waals surface area contributed by atoms with E-state index in [1.165, 1.54) is 19.3 Å². The highest BCUT2D eigenvalue weighted by molar-refractivity contribution is 6.42. The molecule has 0 aliphatic heterocycles. The fraction of sp³-hybridized carbons (Fsp3) is 0.562. The average Bonchev–Trinajstić information content (AvgIpc) is 2.40. The van der Waals surface area contributed by atoms with Crippen LogP contribution in [0.5, 0.6) is 0 Å². The Balaban J connectivity index is 1.84. The molecule has 0 saturated heterocycles. The van der Waals surface area contributed by atoms with Crippen LogP contribution >= 0.6 is 23.2 Å². The number of rotatable bonds is 4. The van der Waals surface area contributed by atoms with E-state index in [1.54, 1.807) is 6.07 Å². The quantitative estimate of drug-likeness (QED) is 0.852. The van der Waals surface area contributed by atoms with Gasteiger partial charge < -0.3 is 5.32 Å². The lowest BCUT2D eigenvalue weighted by Gasteiger charge is -2.34. The number of aryl methyl sites for hydroxylation is 1. The first-order valence-corrected chi connectivity index (χ1v) is 7.99. The van der Waals surface area contributed by atoms with Gasteiger partial charge in [-0.2, -0.15) is 0 Å². The molecule has 1 aliphatic rings. The summed E-state index contributed by atoms with van der Waals surface area (Å²) in [6.07, 6.45) is 7.07. The van der Waals surface area contributed by atoms with Crippen molar-refractivity contribution in [3.8, 4) is 0 Å². The number of benzene rings is 1. The van der Waals surface area contributed by atoms with Gasteiger partial charge in [0.25, 0.3) is 0 Å². The zero-order valence-corrected chi connectivity index (χ0v) is 13.4. The molecule has 1 N–H and O–H groups in total. The molecular formula is C16H21Cl2NO. The molecule has 0 spiro atoms. The van der Waals surface area contributed by atoms with E-state index in [9.17, 15) is 4.79 Å². The van der Waals surface area contributed by atoms with Crippen LogP contribution in [0.2, 0.25) is 10.0 Å². The third-order valence-electron chi connectivity index (χ3n) is 4.02. The van der Waals surface area contributed by atoms with Crippen LogP contribution < -0.4 is 5.32 Å². The van der Waals surface area contributed by atoms with Crippen LogP contribution in [0.3, 0.4) is 0 Å². The Morgan fingerprint density at radius 1 is 1.20 bits per heavy atom. The van der Waals surface area contributed by atoms with Gasteiger partial charge in [0.1, 0.15) is 0 Å². The number of amides is 1. The van der Waals surface area contributed by atoms with Crippen molar-refractivity contribution >= 4 is 29.1 Å². The minimum Gasteiger partial charge on any atom is -0.351 e. The molecule has 0 atom stereocenters. The van der Waals surface area contributed by atoms with Crippen molar-refractivity contribution in [3.63, 3.8) is 0 Å². The zero-order chi connectivity index (χ0) is 14.6. The van der Waals surface area contributed by atoms with Gasteiger partial charge in [-0.3, -0.25) is 4.79 Å². The number of carbonyl (C=O) groups excluding carboxylic acids is 1. The number of hydrogen-bond acceptors (Lipinski definition) is 1. The Bertz CT molecular complexity index is 481. The highest BCUT2D eigenvalue weighted by Crippen LogP contribution is 2.28. The molecule has 2 nitrogen and oxygen atoms in total. The lowest BCUT2D eigenvalue weighted by molar-refractivity contribution is -0.123. The molecule has 1 aliphatic carbocycles. The second-order valence-corrected chi connectivity index (χ2v) is 6.73. The molecule has 0 heterocycles. The summed E-state index contributed by atoms with van der Waals surface area (Å²) in [4.78, 5) is 12.1. The van der Waals surface area contributed by atoms with Crippen molar-refractivity contribution in [2.45, 2.75) is 57.4 Å². The lowest BCUT2D eigenvalue weighted by Crippen LogP contribution is -2.47. The molecular weight excluding hydrogens is 293 g/mol. The largest absolute Gasteiger partial charge is 0.351 e. The van der Waals surface area contributed by atoms with Crippen molar-refractivity contribution in [1.29, 1.82) is 0 Å². The summed E-state index contributed by atoms with van der Waals surface area (Å²) in [5.74, 6) is 0.125. The van der Waals surface area contributed by atoms with Crippen LogP contribution in [0.15, 0.2) is 18.2 Å². The van der Waals surface area contributed by atoms with Crippen LogP contribution in [0.25, 0.3) is 0 Å². The second kappa shape index (κ2) is 6.82. The van der Waals surface area contributed by atoms with Gasteiger partial charge in [-0.05, 0) is 43.9 Å². The molecule has 20 heavy (non-hydrogen) atoms. The Labute approximate surface area is 130 Å². The Kier molecular flexibility index (Phi) is 5.34. The molecule has 4 heteroatoms. The molecule has 1 amide bonds. The Morgan fingerprint density at radius 3 is 2.55 bits per heavy atom. The van der Waals surface area contributed by atoms with E-state index >= 15 is 0 Å². The molecule has 0 bridgehead atoms. The van der Waals surface area contributed by atoms with Gasteiger partial charge >= 0.3 is 0 Å². The number of halogens is 2. The van der Waals surface area contributed by atoms with E-state index in [0.717, 1.165) is 18.4 Å². The fourth-order valence-electron chi connectivity index (χ4n) is 2.81. The predicted molar refractivity (Wildman–Crippen MR) is 84.4 cm³/mol. The van der Waals surface area contributed by atoms with Crippen LogP contribution in [-0.2, 0) is 11.2 Å². The maximum absolute atomic E-state index is 12.1. The SMILES string of the molecule is CC1(NC(=O)CCc2ccc(Cl)c(Cl)c2)CCCCC1. The normalized spacial score (nSPS) is 17.8. The van der Waals surface area contributed by atoms with Gasteiger partial charge in [-0.1, -0.05) is 48.5 Å². The highest BCUT2D eigenvalue weighted by Gasteiger charge is 2.27. The smallest absolute Gasteiger partial charge is 0.220 e. The summed E-state index contributed by atoms with van der Waals surface area (Å²) in [6.45, 7) is 2.16. The predicted octanol–water partition coefficient (Wildman–Crippen LogP) is 4.77. The van der Waals surface area contributed by atoms with Crippen molar-refractivity contribution in [3.05, 3.63) is 33.8 Å². The third-order valence-corrected chi connectivity index (χ3v) is 4.76. The first kappa shape index (κ1) is 15.7. The molecule has 1 saturated carbocycles. The molecule has 0 aromatic heterocycles. The van der Waals surface area contributed by atoms with Crippen molar-refractivity contribution in [2.75, 3.05) is 0 Å². The molecule has 1 fully saturated rings. The van der Waals surface area contributed by atoms with E-state index in [0.29, 0.717) is 22.9 Å². The van der Waals surface area contributed by atoms with Gasteiger partial charge in [0, 0.05) is 12.0 Å². The van der Waals surface area contributed by atoms with E-state index in [2.05, 4.69) is 12.2 Å². The van der Waals surface area contributed by atoms with Crippen LogP contribution in [0.4, 0.5) is 0 Å². The Hall–Kier alpha value is -0.730. The maximum atomic E-state index is 12.1. The summed E-state index contributed by atoms with van der Waals surface area (Å²) < 4.78 is 0. The lowest BCUT2D eigenvalue weighted by atomic mass is 9.83. The summed E-state index contributed by atoms with van der Waals surface area (Å²) >= 11 is 11.9. The first-order chi connectivity index (χ1) is 9.48. The number of carbonyl (C=O) groups is 1. The summed E-state index contributed by atoms with van der Waals surface area (Å²) in [7, 11) is 0. The molecule has 0 unspecified atom stereocenters. The van der Waals surface area contributed by atoms with Gasteiger partial charge in [-0.15, -0.1) is 0 Å². The topological polar surface area (TPSA) is 29.1 Å². The molecule has 0 radical (unpaired) electrons. The molecule has 1 aromatic carbocycles. The van der Waals surface area contributed by atoms with E-state index in [-0.39, 0.29) is 11.4 Å². The van der Waals surface area contributed by atoms with Crippen LogP contribution in [0.1, 0.15) is 51.0 Å². The van der Waals surface area contributed by atoms with Gasteiger partial charge in [-0.25, -0.2) is 0 Å². The number of hydrogen-bond donors (Lipinski definition) is 1. The van der Waals surface area contributed by atoms with Crippen molar-refractivity contribution in [2.24, 2.45) is 0 Å². The van der Waals surface area contributed by atoms with E-state index < -0.39 is 0 Å². The van der Waals surface area contributed by atoms with Crippen molar-refractivity contribution in [1.82, 2.24) is 5.32 Å². The Morgan fingerprint density at radius 2 is 1.90 bits per heavy atom. The number of nitrogens with one attached hydrogen (secondary N) is 1. The van der Waals surface area contributed by atoms with Crippen LogP contribution in [-0.4, -0.2) is 11.4 Å². The standard InChI is InChI=1S/C16H21Cl2NO/c1-16(9-3-2-4-10-16)19-15(20)8-6-12-5-7-13(17)14(18)11-12/h5,7,11H,2-4,6,8-10H2,1H3,(H,19,20). The summed E-state index contributed by atoms with van der Waals surface area (Å²) in [6, 6.07) is 5.53. The monoisotopic (exact) mass is 313 g/mol. The maximum Gasteiger partial charge on any atom is 0.220 e. The summed E-state index contributed by atoms with van der Waals surface area (Å²) in [5.41, 5.74) is 1.04. The van der Waals surface area contributed by atoms with E-state index in [4.69, 9.17) is 23.2 Å². The second-order valence-electron chi connectivity index (χ2n) is 5.92. The zero-order valence-electron chi connectivity index (χ0n) is 11.8. The minimum atomic E-state index is -0.00697. The molecule has 2 rings (SSSR count). The third kappa shape index (κ3) is 4.39. The average molecular weight is 314 g/mol. The van der Waals surface area contributed by atoms with Gasteiger partial charge in [0.2, 0.25) is 5.91 Å². The molecule has 1 aromatic rings. The van der Waals surface area contributed by atoms with Gasteiger partial charge in [0.15, 0.2) is 0 Å². The van der Waals surface area contributed by atoms with Crippen LogP contribution in [0, 0.1) is 0 Å². The first-order valence-electron chi connectivity index (χ1n) is 7.23. The van der Waals surface area contributed by atoms with Gasteiger partial charge in [0.05, 0.1) is 10.0 Å². The van der Waals surface area contributed by atoms with Crippen molar-refractivity contribution < 1.29 is 4.79 Å². The summed E-state index contributed by atoms with van der Waals surface area (Å²) in [5, 5.41) is 4.29. The fourth-order valence-corrected chi connectivity index (χ4v) is 3.13. The highest BCUT2D eigenvalue weighted by atomic mass is 35.5. The minimum absolute atomic E-state index is 0.00697. The van der Waals surface area contributed by atoms with E-state index in [1.807, 2.05) is 12.1 Å².